The predicted molar refractivity (Wildman–Crippen MR) is 175 cm³/mol. The number of carbonyl (C=O) groups excluding carboxylic acids is 1. The van der Waals surface area contributed by atoms with E-state index in [0.29, 0.717) is 56.0 Å². The minimum atomic E-state index is -0.578. The van der Waals surface area contributed by atoms with Crippen LogP contribution in [0.25, 0.3) is 21.7 Å². The van der Waals surface area contributed by atoms with Crippen molar-refractivity contribution in [2.24, 2.45) is 0 Å². The summed E-state index contributed by atoms with van der Waals surface area (Å²) >= 11 is 0. The molecule has 47 heavy (non-hydrogen) atoms. The first-order valence-corrected chi connectivity index (χ1v) is 15.3. The van der Waals surface area contributed by atoms with Crippen LogP contribution < -0.4 is 20.8 Å². The number of carbonyl (C=O) groups is 1. The number of halogens is 1. The van der Waals surface area contributed by atoms with E-state index in [1.807, 2.05) is 30.3 Å². The van der Waals surface area contributed by atoms with Crippen LogP contribution in [-0.2, 0) is 13.0 Å². The van der Waals surface area contributed by atoms with Gasteiger partial charge in [-0.15, -0.1) is 0 Å². The van der Waals surface area contributed by atoms with Crippen molar-refractivity contribution in [2.45, 2.75) is 13.0 Å². The lowest BCUT2D eigenvalue weighted by molar-refractivity contribution is 0.0742. The van der Waals surface area contributed by atoms with Gasteiger partial charge in [0.1, 0.15) is 18.2 Å². The van der Waals surface area contributed by atoms with E-state index in [-0.39, 0.29) is 29.2 Å². The predicted octanol–water partition coefficient (Wildman–Crippen LogP) is 3.80. The van der Waals surface area contributed by atoms with Gasteiger partial charge in [0, 0.05) is 67.5 Å². The van der Waals surface area contributed by atoms with Crippen molar-refractivity contribution in [3.63, 3.8) is 0 Å². The highest BCUT2D eigenvalue weighted by molar-refractivity contribution is 5.95. The molecule has 3 aromatic carbocycles. The van der Waals surface area contributed by atoms with E-state index in [4.69, 9.17) is 4.74 Å². The molecular weight excluding hydrogens is 601 g/mol. The van der Waals surface area contributed by atoms with Crippen LogP contribution in [0.1, 0.15) is 21.6 Å². The summed E-state index contributed by atoms with van der Waals surface area (Å²) in [7, 11) is 0. The molecule has 0 spiro atoms. The van der Waals surface area contributed by atoms with Crippen LogP contribution >= 0.6 is 0 Å². The molecule has 4 heterocycles. The monoisotopic (exact) mass is 631 g/mol. The molecule has 1 N–H and O–H groups in total. The second kappa shape index (κ2) is 12.8. The van der Waals surface area contributed by atoms with Crippen LogP contribution in [0.5, 0.6) is 5.75 Å². The molecule has 1 aliphatic heterocycles. The number of anilines is 1. The molecule has 0 radical (unpaired) electrons. The number of pyridine rings is 1. The van der Waals surface area contributed by atoms with Crippen LogP contribution in [0.15, 0.2) is 101 Å². The minimum Gasteiger partial charge on any atom is -0.491 e. The SMILES string of the molecule is O=C(c1cc(Cc2n[nH]c(=O)c3ccccc23)ccc1F)N1CCN(c2ccc3c(OCCn4ncccc4=O)ccnc3c2)CC1. The largest absolute Gasteiger partial charge is 0.491 e. The number of benzene rings is 3. The number of hydrogen-bond acceptors (Lipinski definition) is 8. The topological polar surface area (TPSA) is 126 Å². The van der Waals surface area contributed by atoms with Crippen molar-refractivity contribution >= 4 is 33.3 Å². The van der Waals surface area contributed by atoms with E-state index in [0.717, 1.165) is 27.5 Å². The summed E-state index contributed by atoms with van der Waals surface area (Å²) in [5.41, 5.74) is 2.64. The molecule has 3 aromatic heterocycles. The Hall–Kier alpha value is -5.91. The zero-order chi connectivity index (χ0) is 32.3. The van der Waals surface area contributed by atoms with Crippen molar-refractivity contribution in [2.75, 3.05) is 37.7 Å². The quantitative estimate of drug-likeness (QED) is 0.269. The van der Waals surface area contributed by atoms with Gasteiger partial charge < -0.3 is 14.5 Å². The number of aromatic amines is 1. The van der Waals surface area contributed by atoms with Gasteiger partial charge >= 0.3 is 0 Å². The first kappa shape index (κ1) is 29.8. The number of piperazine rings is 1. The number of fused-ring (bicyclic) bond motifs is 2. The molecule has 1 saturated heterocycles. The van der Waals surface area contributed by atoms with E-state index in [1.54, 1.807) is 53.7 Å². The summed E-state index contributed by atoms with van der Waals surface area (Å²) in [6.45, 7) is 2.59. The van der Waals surface area contributed by atoms with Gasteiger partial charge in [0.15, 0.2) is 0 Å². The van der Waals surface area contributed by atoms with E-state index in [1.165, 1.54) is 16.8 Å². The fourth-order valence-corrected chi connectivity index (χ4v) is 5.91. The van der Waals surface area contributed by atoms with Crippen molar-refractivity contribution in [3.8, 4) is 5.75 Å². The fraction of sp³-hybridized carbons (Fsp3) is 0.200. The van der Waals surface area contributed by atoms with Crippen molar-refractivity contribution in [1.82, 2.24) is 29.9 Å². The molecule has 1 amide bonds. The van der Waals surface area contributed by atoms with E-state index in [2.05, 4.69) is 25.2 Å². The summed E-state index contributed by atoms with van der Waals surface area (Å²) in [5.74, 6) is -0.279. The maximum atomic E-state index is 15.0. The van der Waals surface area contributed by atoms with Gasteiger partial charge in [-0.2, -0.15) is 10.2 Å². The Morgan fingerprint density at radius 2 is 1.70 bits per heavy atom. The lowest BCUT2D eigenvalue weighted by Crippen LogP contribution is -2.49. The van der Waals surface area contributed by atoms with Gasteiger partial charge in [-0.1, -0.05) is 24.3 Å². The maximum Gasteiger partial charge on any atom is 0.272 e. The lowest BCUT2D eigenvalue weighted by atomic mass is 10.0. The Labute approximate surface area is 267 Å². The highest BCUT2D eigenvalue weighted by atomic mass is 19.1. The molecule has 1 fully saturated rings. The Morgan fingerprint density at radius 1 is 0.872 bits per heavy atom. The summed E-state index contributed by atoms with van der Waals surface area (Å²) in [6, 6.07) is 22.5. The molecule has 0 atom stereocenters. The third kappa shape index (κ3) is 6.17. The Kier molecular flexibility index (Phi) is 8.13. The van der Waals surface area contributed by atoms with Crippen LogP contribution in [0.2, 0.25) is 0 Å². The summed E-state index contributed by atoms with van der Waals surface area (Å²) < 4.78 is 22.3. The molecule has 0 bridgehead atoms. The first-order chi connectivity index (χ1) is 22.9. The third-order valence-corrected chi connectivity index (χ3v) is 8.37. The van der Waals surface area contributed by atoms with Gasteiger partial charge in [-0.25, -0.2) is 14.2 Å². The highest BCUT2D eigenvalue weighted by Crippen LogP contribution is 2.29. The Morgan fingerprint density at radius 3 is 2.53 bits per heavy atom. The van der Waals surface area contributed by atoms with Gasteiger partial charge in [0.25, 0.3) is 17.0 Å². The van der Waals surface area contributed by atoms with Gasteiger partial charge in [0.05, 0.1) is 28.7 Å². The maximum absolute atomic E-state index is 15.0. The average molecular weight is 632 g/mol. The highest BCUT2D eigenvalue weighted by Gasteiger charge is 2.25. The van der Waals surface area contributed by atoms with Crippen LogP contribution in [-0.4, -0.2) is 68.6 Å². The number of H-pyrrole nitrogens is 1. The van der Waals surface area contributed by atoms with Crippen LogP contribution in [0, 0.1) is 5.82 Å². The number of nitrogens with zero attached hydrogens (tertiary/aromatic N) is 6. The van der Waals surface area contributed by atoms with E-state index >= 15 is 0 Å². The number of ether oxygens (including phenoxy) is 1. The molecule has 236 valence electrons. The van der Waals surface area contributed by atoms with E-state index in [9.17, 15) is 18.8 Å². The second-order valence-electron chi connectivity index (χ2n) is 11.3. The Balaban J connectivity index is 1.01. The standard InChI is InChI=1S/C35H30FN7O4/c36-29-10-7-23(21-31-25-4-1-2-5-26(25)34(45)40-39-31)20-28(29)35(46)42-16-14-41(15-17-42)24-8-9-27-30(22-24)37-13-11-32(27)47-19-18-43-33(44)6-3-12-38-43/h1-13,20,22H,14-19,21H2,(H,40,45). The molecule has 7 rings (SSSR count). The van der Waals surface area contributed by atoms with Crippen LogP contribution in [0.3, 0.4) is 0 Å². The summed E-state index contributed by atoms with van der Waals surface area (Å²) in [6.07, 6.45) is 3.58. The number of aromatic nitrogens is 5. The molecular formula is C35H30FN7O4. The Bertz CT molecular complexity index is 2230. The third-order valence-electron chi connectivity index (χ3n) is 8.37. The summed E-state index contributed by atoms with van der Waals surface area (Å²) in [5, 5.41) is 12.9. The van der Waals surface area contributed by atoms with Gasteiger partial charge in [-0.3, -0.25) is 19.4 Å². The molecule has 0 saturated carbocycles. The average Bonchev–Trinajstić information content (AvgIpc) is 3.11. The van der Waals surface area contributed by atoms with Gasteiger partial charge in [0.2, 0.25) is 0 Å². The van der Waals surface area contributed by atoms with Crippen molar-refractivity contribution in [3.05, 3.63) is 135 Å². The molecule has 6 aromatic rings. The zero-order valence-corrected chi connectivity index (χ0v) is 25.3. The first-order valence-electron chi connectivity index (χ1n) is 15.3. The smallest absolute Gasteiger partial charge is 0.272 e. The number of rotatable bonds is 8. The number of amides is 1. The van der Waals surface area contributed by atoms with Crippen molar-refractivity contribution in [1.29, 1.82) is 0 Å². The lowest BCUT2D eigenvalue weighted by Gasteiger charge is -2.36. The molecule has 12 heteroatoms. The van der Waals surface area contributed by atoms with Crippen LogP contribution in [0.4, 0.5) is 10.1 Å². The fourth-order valence-electron chi connectivity index (χ4n) is 5.91. The second-order valence-corrected chi connectivity index (χ2v) is 11.3. The molecule has 0 unspecified atom stereocenters. The molecule has 1 aliphatic rings. The summed E-state index contributed by atoms with van der Waals surface area (Å²) in [4.78, 5) is 45.9. The number of nitrogens with one attached hydrogen (secondary N) is 1. The molecule has 0 aliphatic carbocycles. The number of hydrogen-bond donors (Lipinski definition) is 1. The van der Waals surface area contributed by atoms with Gasteiger partial charge in [-0.05, 0) is 54.1 Å². The van der Waals surface area contributed by atoms with Crippen molar-refractivity contribution < 1.29 is 13.9 Å². The zero-order valence-electron chi connectivity index (χ0n) is 25.3. The molecule has 11 nitrogen and oxygen atoms in total. The van der Waals surface area contributed by atoms with E-state index < -0.39 is 5.82 Å². The minimum absolute atomic E-state index is 0.0139. The normalized spacial score (nSPS) is 13.3.